The minimum Gasteiger partial charge on any atom is -0.484 e. The molecule has 2 aromatic carbocycles. The third-order valence-corrected chi connectivity index (χ3v) is 3.73. The monoisotopic (exact) mass is 373 g/mol. The Balaban J connectivity index is 1.55. The number of ether oxygens (including phenoxy) is 1. The zero-order valence-electron chi connectivity index (χ0n) is 12.6. The summed E-state index contributed by atoms with van der Waals surface area (Å²) in [6, 6.07) is 15.6. The molecule has 0 aliphatic rings. The van der Waals surface area contributed by atoms with E-state index in [1.807, 2.05) is 49.4 Å². The van der Waals surface area contributed by atoms with Crippen molar-refractivity contribution in [3.63, 3.8) is 0 Å². The largest absolute Gasteiger partial charge is 0.484 e. The van der Waals surface area contributed by atoms with Crippen molar-refractivity contribution in [2.45, 2.75) is 20.1 Å². The molecule has 1 heterocycles. The van der Waals surface area contributed by atoms with Crippen LogP contribution in [0.4, 0.5) is 5.69 Å². The first-order valence-corrected chi connectivity index (χ1v) is 7.99. The van der Waals surface area contributed by atoms with Crippen LogP contribution in [0.15, 0.2) is 57.4 Å². The van der Waals surface area contributed by atoms with Gasteiger partial charge < -0.3 is 14.5 Å². The normalized spacial score (nSPS) is 10.5. The fourth-order valence-corrected chi connectivity index (χ4v) is 2.55. The molecule has 0 saturated carbocycles. The molecule has 0 fully saturated rings. The van der Waals surface area contributed by atoms with Gasteiger partial charge in [0.1, 0.15) is 5.75 Å². The zero-order valence-corrected chi connectivity index (χ0v) is 14.2. The molecular formula is C17H16BrN3O2. The van der Waals surface area contributed by atoms with Crippen molar-refractivity contribution in [2.75, 3.05) is 5.32 Å². The van der Waals surface area contributed by atoms with Gasteiger partial charge in [0.25, 0.3) is 5.89 Å². The molecule has 3 rings (SSSR count). The maximum absolute atomic E-state index is 5.58. The molecule has 0 saturated heterocycles. The van der Waals surface area contributed by atoms with E-state index in [2.05, 4.69) is 37.5 Å². The Bertz CT molecular complexity index is 775. The van der Waals surface area contributed by atoms with Crippen molar-refractivity contribution in [3.05, 3.63) is 70.3 Å². The number of aryl methyl sites for hydroxylation is 1. The average Bonchev–Trinajstić information content (AvgIpc) is 3.01. The quantitative estimate of drug-likeness (QED) is 0.696. The lowest BCUT2D eigenvalue weighted by Crippen LogP contribution is -2.01. The second kappa shape index (κ2) is 7.28. The van der Waals surface area contributed by atoms with Gasteiger partial charge in [-0.3, -0.25) is 0 Å². The number of para-hydroxylation sites is 1. The highest BCUT2D eigenvalue weighted by atomic mass is 79.9. The van der Waals surface area contributed by atoms with Gasteiger partial charge in [-0.1, -0.05) is 34.1 Å². The third-order valence-electron chi connectivity index (χ3n) is 3.23. The molecule has 23 heavy (non-hydrogen) atoms. The molecule has 3 aromatic rings. The molecule has 1 N–H and O–H groups in total. The van der Waals surface area contributed by atoms with Crippen molar-refractivity contribution in [2.24, 2.45) is 0 Å². The summed E-state index contributed by atoms with van der Waals surface area (Å²) in [4.78, 5) is 0. The predicted octanol–water partition coefficient (Wildman–Crippen LogP) is 4.33. The smallest absolute Gasteiger partial charge is 0.253 e. The van der Waals surface area contributed by atoms with Gasteiger partial charge in [0.05, 0.1) is 6.54 Å². The van der Waals surface area contributed by atoms with Crippen LogP contribution in [-0.4, -0.2) is 10.2 Å². The number of nitrogens with one attached hydrogen (secondary N) is 1. The van der Waals surface area contributed by atoms with E-state index in [1.165, 1.54) is 0 Å². The van der Waals surface area contributed by atoms with Crippen LogP contribution < -0.4 is 10.1 Å². The van der Waals surface area contributed by atoms with Crippen LogP contribution in [0.5, 0.6) is 5.75 Å². The number of nitrogens with zero attached hydrogens (tertiary/aromatic N) is 2. The minimum atomic E-state index is 0.258. The maximum atomic E-state index is 5.58. The first-order valence-electron chi connectivity index (χ1n) is 7.20. The summed E-state index contributed by atoms with van der Waals surface area (Å²) < 4.78 is 12.2. The van der Waals surface area contributed by atoms with Gasteiger partial charge in [-0.15, -0.1) is 10.2 Å². The van der Waals surface area contributed by atoms with E-state index in [1.54, 1.807) is 0 Å². The van der Waals surface area contributed by atoms with Crippen LogP contribution >= 0.6 is 15.9 Å². The number of rotatable bonds is 6. The summed E-state index contributed by atoms with van der Waals surface area (Å²) in [7, 11) is 0. The fraction of sp³-hybridized carbons (Fsp3) is 0.176. The molecule has 5 nitrogen and oxygen atoms in total. The zero-order chi connectivity index (χ0) is 16.1. The number of hydrogen-bond donors (Lipinski definition) is 1. The third kappa shape index (κ3) is 4.32. The first kappa shape index (κ1) is 15.6. The summed E-state index contributed by atoms with van der Waals surface area (Å²) in [6.07, 6.45) is 0. The standard InChI is InChI=1S/C17H16BrN3O2/c1-12-9-13(18)7-8-15(12)19-10-16-20-21-17(23-16)11-22-14-5-3-2-4-6-14/h2-9,19H,10-11H2,1H3. The Hall–Kier alpha value is -2.34. The second-order valence-electron chi connectivity index (χ2n) is 5.00. The summed E-state index contributed by atoms with van der Waals surface area (Å²) >= 11 is 3.45. The Labute approximate surface area is 142 Å². The highest BCUT2D eigenvalue weighted by molar-refractivity contribution is 9.10. The van der Waals surface area contributed by atoms with Gasteiger partial charge in [-0.05, 0) is 42.8 Å². The van der Waals surface area contributed by atoms with E-state index < -0.39 is 0 Å². The second-order valence-corrected chi connectivity index (χ2v) is 5.92. The molecule has 0 aliphatic carbocycles. The Morgan fingerprint density at radius 3 is 2.65 bits per heavy atom. The van der Waals surface area contributed by atoms with Gasteiger partial charge >= 0.3 is 0 Å². The molecule has 0 atom stereocenters. The molecule has 0 radical (unpaired) electrons. The Kier molecular flexibility index (Phi) is 4.92. The van der Waals surface area contributed by atoms with Crippen LogP contribution in [0.25, 0.3) is 0 Å². The van der Waals surface area contributed by atoms with E-state index in [0.717, 1.165) is 21.5 Å². The molecule has 1 aromatic heterocycles. The molecule has 0 spiro atoms. The van der Waals surface area contributed by atoms with E-state index in [0.29, 0.717) is 18.3 Å². The van der Waals surface area contributed by atoms with Crippen LogP contribution in [0.2, 0.25) is 0 Å². The van der Waals surface area contributed by atoms with Gasteiger partial charge in [0, 0.05) is 10.2 Å². The van der Waals surface area contributed by atoms with E-state index in [9.17, 15) is 0 Å². The van der Waals surface area contributed by atoms with E-state index >= 15 is 0 Å². The van der Waals surface area contributed by atoms with Crippen molar-refractivity contribution in [3.8, 4) is 5.75 Å². The average molecular weight is 374 g/mol. The van der Waals surface area contributed by atoms with E-state index in [4.69, 9.17) is 9.15 Å². The lowest BCUT2D eigenvalue weighted by atomic mass is 10.2. The SMILES string of the molecule is Cc1cc(Br)ccc1NCc1nnc(COc2ccccc2)o1. The number of anilines is 1. The summed E-state index contributed by atoms with van der Waals surface area (Å²) in [5, 5.41) is 11.3. The Morgan fingerprint density at radius 1 is 1.09 bits per heavy atom. The maximum Gasteiger partial charge on any atom is 0.253 e. The fourth-order valence-electron chi connectivity index (χ4n) is 2.08. The van der Waals surface area contributed by atoms with Crippen LogP contribution in [0.3, 0.4) is 0 Å². The topological polar surface area (TPSA) is 60.2 Å². The lowest BCUT2D eigenvalue weighted by molar-refractivity contribution is 0.259. The number of benzene rings is 2. The van der Waals surface area contributed by atoms with Gasteiger partial charge in [-0.25, -0.2) is 0 Å². The predicted molar refractivity (Wildman–Crippen MR) is 91.3 cm³/mol. The van der Waals surface area contributed by atoms with E-state index in [-0.39, 0.29) is 6.61 Å². The highest BCUT2D eigenvalue weighted by Gasteiger charge is 2.07. The van der Waals surface area contributed by atoms with Crippen molar-refractivity contribution in [1.82, 2.24) is 10.2 Å². The summed E-state index contributed by atoms with van der Waals surface area (Å²) in [5.41, 5.74) is 2.18. The van der Waals surface area contributed by atoms with Crippen LogP contribution in [0.1, 0.15) is 17.3 Å². The van der Waals surface area contributed by atoms with Crippen molar-refractivity contribution in [1.29, 1.82) is 0 Å². The van der Waals surface area contributed by atoms with Gasteiger partial charge in [-0.2, -0.15) is 0 Å². The number of aromatic nitrogens is 2. The van der Waals surface area contributed by atoms with Crippen molar-refractivity contribution >= 4 is 21.6 Å². The summed E-state index contributed by atoms with van der Waals surface area (Å²) in [5.74, 6) is 1.76. The molecule has 0 bridgehead atoms. The first-order chi connectivity index (χ1) is 11.2. The highest BCUT2D eigenvalue weighted by Crippen LogP contribution is 2.20. The number of hydrogen-bond acceptors (Lipinski definition) is 5. The van der Waals surface area contributed by atoms with Crippen LogP contribution in [0, 0.1) is 6.92 Å². The molecule has 6 heteroatoms. The molecule has 0 amide bonds. The lowest BCUT2D eigenvalue weighted by Gasteiger charge is -2.07. The summed E-state index contributed by atoms with van der Waals surface area (Å²) in [6.45, 7) is 2.77. The Morgan fingerprint density at radius 2 is 1.87 bits per heavy atom. The molecule has 0 aliphatic heterocycles. The van der Waals surface area contributed by atoms with Crippen molar-refractivity contribution < 1.29 is 9.15 Å². The molecular weight excluding hydrogens is 358 g/mol. The number of halogens is 1. The molecule has 118 valence electrons. The molecule has 0 unspecified atom stereocenters. The van der Waals surface area contributed by atoms with Gasteiger partial charge in [0.15, 0.2) is 6.61 Å². The van der Waals surface area contributed by atoms with Crippen LogP contribution in [-0.2, 0) is 13.2 Å². The minimum absolute atomic E-state index is 0.258. The van der Waals surface area contributed by atoms with Gasteiger partial charge in [0.2, 0.25) is 5.89 Å².